The quantitative estimate of drug-likeness (QED) is 0.747. The van der Waals surface area contributed by atoms with Crippen molar-refractivity contribution in [2.45, 2.75) is 10.4 Å². The van der Waals surface area contributed by atoms with E-state index in [1.165, 1.54) is 0 Å². The summed E-state index contributed by atoms with van der Waals surface area (Å²) in [6.07, 6.45) is 0. The molecule has 0 fully saturated rings. The summed E-state index contributed by atoms with van der Waals surface area (Å²) in [6.45, 7) is 0. The number of imidazole rings is 1. The number of hydrogen-bond donors (Lipinski definition) is 2. The van der Waals surface area contributed by atoms with E-state index in [4.69, 9.17) is 10.5 Å². The lowest BCUT2D eigenvalue weighted by molar-refractivity contribution is -0.117. The van der Waals surface area contributed by atoms with Crippen LogP contribution in [-0.4, -0.2) is 27.2 Å². The monoisotopic (exact) mass is 329 g/mol. The topological polar surface area (TPSA) is 98.1 Å². The predicted octanol–water partition coefficient (Wildman–Crippen LogP) is 1.91. The highest BCUT2D eigenvalue weighted by molar-refractivity contribution is 7.85. The van der Waals surface area contributed by atoms with Gasteiger partial charge in [-0.1, -0.05) is 24.3 Å². The van der Waals surface area contributed by atoms with Gasteiger partial charge in [-0.05, 0) is 29.8 Å². The smallest absolute Gasteiger partial charge is 0.238 e. The summed E-state index contributed by atoms with van der Waals surface area (Å²) in [4.78, 5) is 19.1. The van der Waals surface area contributed by atoms with Gasteiger partial charge in [0.05, 0.1) is 18.1 Å². The van der Waals surface area contributed by atoms with Crippen molar-refractivity contribution in [3.05, 3.63) is 54.1 Å². The summed E-state index contributed by atoms with van der Waals surface area (Å²) in [5, 5.41) is -0.757. The van der Waals surface area contributed by atoms with Crippen LogP contribution in [-0.2, 0) is 15.6 Å². The van der Waals surface area contributed by atoms with Gasteiger partial charge in [-0.25, -0.2) is 9.19 Å². The van der Waals surface area contributed by atoms with Crippen LogP contribution in [0.5, 0.6) is 5.75 Å². The number of para-hydroxylation sites is 2. The van der Waals surface area contributed by atoms with Gasteiger partial charge in [0, 0.05) is 0 Å². The second kappa shape index (κ2) is 6.21. The van der Waals surface area contributed by atoms with E-state index in [2.05, 4.69) is 9.97 Å². The third-order valence-electron chi connectivity index (χ3n) is 3.45. The lowest BCUT2D eigenvalue weighted by Gasteiger charge is -2.12. The zero-order chi connectivity index (χ0) is 16.4. The number of ether oxygens (including phenoxy) is 1. The van der Waals surface area contributed by atoms with Crippen LogP contribution >= 0.6 is 0 Å². The minimum absolute atomic E-state index is 0.228. The number of fused-ring (bicyclic) bond motifs is 1. The van der Waals surface area contributed by atoms with Crippen molar-refractivity contribution in [1.29, 1.82) is 0 Å². The third kappa shape index (κ3) is 2.95. The van der Waals surface area contributed by atoms with E-state index in [9.17, 15) is 9.00 Å². The molecular weight excluding hydrogens is 314 g/mol. The predicted molar refractivity (Wildman–Crippen MR) is 87.4 cm³/mol. The van der Waals surface area contributed by atoms with Gasteiger partial charge in [0.1, 0.15) is 21.8 Å². The molecule has 0 aliphatic carbocycles. The van der Waals surface area contributed by atoms with Crippen LogP contribution in [0.15, 0.2) is 53.7 Å². The SMILES string of the molecule is COc1ccc(C(C(N)=O)S(=O)c2nc3ccccc3[nH]2)cc1. The molecule has 0 saturated heterocycles. The summed E-state index contributed by atoms with van der Waals surface area (Å²) in [7, 11) is -0.177. The Morgan fingerprint density at radius 1 is 1.22 bits per heavy atom. The van der Waals surface area contributed by atoms with Crippen LogP contribution in [0.1, 0.15) is 10.8 Å². The van der Waals surface area contributed by atoms with Gasteiger partial charge in [0.2, 0.25) is 5.91 Å². The number of primary amides is 1. The number of nitrogens with zero attached hydrogens (tertiary/aromatic N) is 1. The van der Waals surface area contributed by atoms with Gasteiger partial charge >= 0.3 is 0 Å². The van der Waals surface area contributed by atoms with Gasteiger partial charge in [0.25, 0.3) is 0 Å². The zero-order valence-corrected chi connectivity index (χ0v) is 13.2. The summed E-state index contributed by atoms with van der Waals surface area (Å²) < 4.78 is 17.9. The minimum atomic E-state index is -1.73. The molecular formula is C16H15N3O3S. The van der Waals surface area contributed by atoms with Crippen LogP contribution in [0.2, 0.25) is 0 Å². The van der Waals surface area contributed by atoms with Crippen molar-refractivity contribution >= 4 is 27.7 Å². The fourth-order valence-corrected chi connectivity index (χ4v) is 3.55. The number of rotatable bonds is 5. The molecule has 0 saturated carbocycles. The summed E-state index contributed by atoms with van der Waals surface area (Å²) >= 11 is 0. The van der Waals surface area contributed by atoms with E-state index in [0.29, 0.717) is 16.8 Å². The first-order valence-electron chi connectivity index (χ1n) is 6.88. The molecule has 1 aromatic heterocycles. The van der Waals surface area contributed by atoms with Gasteiger partial charge in [-0.15, -0.1) is 0 Å². The van der Waals surface area contributed by atoms with E-state index in [0.717, 1.165) is 5.52 Å². The first-order chi connectivity index (χ1) is 11.1. The maximum Gasteiger partial charge on any atom is 0.238 e. The van der Waals surface area contributed by atoms with Crippen molar-refractivity contribution in [2.75, 3.05) is 7.11 Å². The second-order valence-corrected chi connectivity index (χ2v) is 6.37. The molecule has 118 valence electrons. The lowest BCUT2D eigenvalue weighted by Crippen LogP contribution is -2.25. The average Bonchev–Trinajstić information content (AvgIpc) is 2.99. The molecule has 0 aliphatic heterocycles. The molecule has 0 radical (unpaired) electrons. The Morgan fingerprint density at radius 2 is 1.91 bits per heavy atom. The number of nitrogens with one attached hydrogen (secondary N) is 1. The Bertz CT molecular complexity index is 841. The molecule has 0 bridgehead atoms. The number of nitrogens with two attached hydrogens (primary N) is 1. The Balaban J connectivity index is 1.99. The van der Waals surface area contributed by atoms with Gasteiger partial charge < -0.3 is 15.5 Å². The molecule has 1 amide bonds. The number of methoxy groups -OCH3 is 1. The molecule has 1 heterocycles. The molecule has 3 aromatic rings. The number of amides is 1. The number of H-pyrrole nitrogens is 1. The van der Waals surface area contributed by atoms with Crippen LogP contribution in [0, 0.1) is 0 Å². The van der Waals surface area contributed by atoms with Crippen LogP contribution in [0.25, 0.3) is 11.0 Å². The average molecular weight is 329 g/mol. The van der Waals surface area contributed by atoms with Crippen molar-refractivity contribution in [3.63, 3.8) is 0 Å². The standard InChI is InChI=1S/C16H15N3O3S/c1-22-11-8-6-10(7-9-11)14(15(17)20)23(21)16-18-12-4-2-3-5-13(12)19-16/h2-9,14H,1H3,(H2,17,20)(H,18,19). The number of hydrogen-bond acceptors (Lipinski definition) is 4. The highest BCUT2D eigenvalue weighted by atomic mass is 32.2. The number of carbonyl (C=O) groups excluding carboxylic acids is 1. The molecule has 6 nitrogen and oxygen atoms in total. The molecule has 7 heteroatoms. The molecule has 3 N–H and O–H groups in total. The molecule has 2 aromatic carbocycles. The maximum atomic E-state index is 12.8. The molecule has 2 atom stereocenters. The lowest BCUT2D eigenvalue weighted by atomic mass is 10.1. The number of aromatic nitrogens is 2. The van der Waals surface area contributed by atoms with Crippen LogP contribution in [0.3, 0.4) is 0 Å². The molecule has 2 unspecified atom stereocenters. The Morgan fingerprint density at radius 3 is 2.52 bits per heavy atom. The maximum absolute atomic E-state index is 12.8. The van der Waals surface area contributed by atoms with Gasteiger partial charge in [-0.3, -0.25) is 4.79 Å². The van der Waals surface area contributed by atoms with E-state index in [1.54, 1.807) is 37.4 Å². The molecule has 0 aliphatic rings. The van der Waals surface area contributed by atoms with Crippen molar-refractivity contribution in [2.24, 2.45) is 5.73 Å². The highest BCUT2D eigenvalue weighted by Crippen LogP contribution is 2.26. The first-order valence-corrected chi connectivity index (χ1v) is 8.10. The number of benzene rings is 2. The van der Waals surface area contributed by atoms with Crippen LogP contribution < -0.4 is 10.5 Å². The Labute approximate surface area is 135 Å². The summed E-state index contributed by atoms with van der Waals surface area (Å²) in [5.74, 6) is -0.0274. The van der Waals surface area contributed by atoms with E-state index in [-0.39, 0.29) is 5.16 Å². The van der Waals surface area contributed by atoms with E-state index >= 15 is 0 Å². The Hall–Kier alpha value is -2.67. The fraction of sp³-hybridized carbons (Fsp3) is 0.125. The van der Waals surface area contributed by atoms with E-state index in [1.807, 2.05) is 18.2 Å². The highest BCUT2D eigenvalue weighted by Gasteiger charge is 2.28. The van der Waals surface area contributed by atoms with Crippen molar-refractivity contribution < 1.29 is 13.7 Å². The summed E-state index contributed by atoms with van der Waals surface area (Å²) in [6, 6.07) is 14.1. The van der Waals surface area contributed by atoms with Crippen LogP contribution in [0.4, 0.5) is 0 Å². The third-order valence-corrected chi connectivity index (χ3v) is 4.96. The normalized spacial score (nSPS) is 13.6. The van der Waals surface area contributed by atoms with Crippen molar-refractivity contribution in [1.82, 2.24) is 9.97 Å². The number of aromatic amines is 1. The molecule has 0 spiro atoms. The molecule has 3 rings (SSSR count). The zero-order valence-electron chi connectivity index (χ0n) is 12.4. The first kappa shape index (κ1) is 15.2. The largest absolute Gasteiger partial charge is 0.497 e. The van der Waals surface area contributed by atoms with E-state index < -0.39 is 22.0 Å². The van der Waals surface area contributed by atoms with Gasteiger partial charge in [-0.2, -0.15) is 0 Å². The van der Waals surface area contributed by atoms with Gasteiger partial charge in [0.15, 0.2) is 5.16 Å². The number of carbonyl (C=O) groups is 1. The fourth-order valence-electron chi connectivity index (χ4n) is 2.31. The molecule has 23 heavy (non-hydrogen) atoms. The Kier molecular flexibility index (Phi) is 4.12. The summed E-state index contributed by atoms with van der Waals surface area (Å²) in [5.41, 5.74) is 7.47. The minimum Gasteiger partial charge on any atom is -0.497 e. The second-order valence-electron chi connectivity index (χ2n) is 4.91. The van der Waals surface area contributed by atoms with Crippen molar-refractivity contribution in [3.8, 4) is 5.75 Å².